The number of carbonyl (C=O) groups excluding carboxylic acids is 1. The second-order valence-electron chi connectivity index (χ2n) is 7.98. The highest BCUT2D eigenvalue weighted by Crippen LogP contribution is 2.38. The molecule has 1 heterocycles. The molecular weight excluding hydrogens is 366 g/mol. The Morgan fingerprint density at radius 3 is 2.38 bits per heavy atom. The molecule has 3 aromatic rings. The van der Waals surface area contributed by atoms with E-state index >= 15 is 0 Å². The fourth-order valence-corrected chi connectivity index (χ4v) is 3.15. The van der Waals surface area contributed by atoms with E-state index in [4.69, 9.17) is 4.74 Å². The van der Waals surface area contributed by atoms with Crippen LogP contribution in [0.2, 0.25) is 0 Å². The van der Waals surface area contributed by atoms with Gasteiger partial charge in [-0.25, -0.2) is 0 Å². The molecule has 0 unspecified atom stereocenters. The Hall–Kier alpha value is -2.89. The smallest absolute Gasteiger partial charge is 0.310 e. The number of esters is 1. The maximum atomic E-state index is 12.3. The first kappa shape index (κ1) is 20.8. The minimum absolute atomic E-state index is 0.139. The van der Waals surface area contributed by atoms with Crippen molar-refractivity contribution in [3.8, 4) is 11.4 Å². The zero-order valence-electron chi connectivity index (χ0n) is 17.6. The molecule has 0 aliphatic heterocycles. The predicted octanol–water partition coefficient (Wildman–Crippen LogP) is 4.70. The summed E-state index contributed by atoms with van der Waals surface area (Å²) >= 11 is 0. The number of carbonyl (C=O) groups is 1. The Bertz CT molecular complexity index is 975. The van der Waals surface area contributed by atoms with Gasteiger partial charge in [-0.3, -0.25) is 4.79 Å². The Morgan fingerprint density at radius 2 is 1.79 bits per heavy atom. The first-order chi connectivity index (χ1) is 13.9. The summed E-state index contributed by atoms with van der Waals surface area (Å²) in [6.45, 7) is 8.70. The highest BCUT2D eigenvalue weighted by molar-refractivity contribution is 5.75. The summed E-state index contributed by atoms with van der Waals surface area (Å²) in [5.41, 5.74) is 3.23. The fourth-order valence-electron chi connectivity index (χ4n) is 3.15. The van der Waals surface area contributed by atoms with Crippen LogP contribution in [-0.4, -0.2) is 32.7 Å². The summed E-state index contributed by atoms with van der Waals surface area (Å²) in [5.74, 6) is -0.130. The number of unbranched alkanes of at least 4 members (excludes halogenated alkanes) is 1. The van der Waals surface area contributed by atoms with Crippen LogP contribution in [0, 0.1) is 0 Å². The summed E-state index contributed by atoms with van der Waals surface area (Å²) in [6, 6.07) is 11.2. The minimum Gasteiger partial charge on any atom is -0.505 e. The number of nitrogens with zero attached hydrogens (tertiary/aromatic N) is 3. The van der Waals surface area contributed by atoms with Crippen LogP contribution in [0.25, 0.3) is 16.7 Å². The lowest BCUT2D eigenvalue weighted by Gasteiger charge is -2.26. The standard InChI is InChI=1S/C23H29N3O3/c1-5-7-12-29-21(27)15-16-13-17(23(3,4)6-2)22(28)20(14-16)26-24-18-10-8-9-11-19(18)25-26/h8-11,13-14,28H,5-7,12,15H2,1-4H3. The molecule has 1 aromatic heterocycles. The van der Waals surface area contributed by atoms with Crippen molar-refractivity contribution in [2.24, 2.45) is 0 Å². The number of rotatable bonds is 8. The van der Waals surface area contributed by atoms with Crippen LogP contribution < -0.4 is 0 Å². The number of hydrogen-bond acceptors (Lipinski definition) is 5. The predicted molar refractivity (Wildman–Crippen MR) is 113 cm³/mol. The molecule has 0 bridgehead atoms. The Kier molecular flexibility index (Phi) is 6.20. The largest absolute Gasteiger partial charge is 0.505 e. The van der Waals surface area contributed by atoms with Gasteiger partial charge >= 0.3 is 5.97 Å². The number of phenolic OH excluding ortho intramolecular Hbond substituents is 1. The number of ether oxygens (including phenoxy) is 1. The quantitative estimate of drug-likeness (QED) is 0.442. The van der Waals surface area contributed by atoms with Crippen LogP contribution in [-0.2, 0) is 21.4 Å². The summed E-state index contributed by atoms with van der Waals surface area (Å²) in [5, 5.41) is 20.1. The molecule has 3 rings (SSSR count). The van der Waals surface area contributed by atoms with Gasteiger partial charge in [0.15, 0.2) is 0 Å². The van der Waals surface area contributed by atoms with Gasteiger partial charge in [0.05, 0.1) is 13.0 Å². The van der Waals surface area contributed by atoms with E-state index in [-0.39, 0.29) is 23.6 Å². The third-order valence-corrected chi connectivity index (χ3v) is 5.37. The monoisotopic (exact) mass is 395 g/mol. The van der Waals surface area contributed by atoms with Crippen LogP contribution in [0.3, 0.4) is 0 Å². The number of hydrogen-bond donors (Lipinski definition) is 1. The molecule has 0 amide bonds. The molecule has 0 saturated carbocycles. The molecule has 6 nitrogen and oxygen atoms in total. The van der Waals surface area contributed by atoms with Crippen molar-refractivity contribution < 1.29 is 14.6 Å². The number of phenols is 1. The molecule has 0 aliphatic carbocycles. The molecule has 2 aromatic carbocycles. The van der Waals surface area contributed by atoms with E-state index < -0.39 is 0 Å². The van der Waals surface area contributed by atoms with Gasteiger partial charge in [-0.1, -0.05) is 52.3 Å². The lowest BCUT2D eigenvalue weighted by Crippen LogP contribution is -2.18. The number of fused-ring (bicyclic) bond motifs is 1. The van der Waals surface area contributed by atoms with Crippen molar-refractivity contribution in [1.82, 2.24) is 15.0 Å². The van der Waals surface area contributed by atoms with E-state index in [9.17, 15) is 9.90 Å². The van der Waals surface area contributed by atoms with Crippen molar-refractivity contribution in [2.75, 3.05) is 6.61 Å². The lowest BCUT2D eigenvalue weighted by atomic mass is 9.80. The van der Waals surface area contributed by atoms with Crippen LogP contribution in [0.1, 0.15) is 58.1 Å². The molecule has 29 heavy (non-hydrogen) atoms. The average Bonchev–Trinajstić information content (AvgIpc) is 3.13. The van der Waals surface area contributed by atoms with E-state index in [1.165, 1.54) is 4.80 Å². The van der Waals surface area contributed by atoms with Gasteiger partial charge in [0, 0.05) is 5.56 Å². The van der Waals surface area contributed by atoms with Gasteiger partial charge < -0.3 is 9.84 Å². The van der Waals surface area contributed by atoms with Gasteiger partial charge in [0.1, 0.15) is 22.5 Å². The molecular formula is C23H29N3O3. The van der Waals surface area contributed by atoms with Gasteiger partial charge in [0.2, 0.25) is 0 Å². The van der Waals surface area contributed by atoms with Crippen molar-refractivity contribution in [1.29, 1.82) is 0 Å². The molecule has 0 saturated heterocycles. The van der Waals surface area contributed by atoms with E-state index in [1.807, 2.05) is 30.3 Å². The van der Waals surface area contributed by atoms with E-state index in [0.29, 0.717) is 12.3 Å². The normalized spacial score (nSPS) is 11.7. The summed E-state index contributed by atoms with van der Waals surface area (Å²) in [4.78, 5) is 13.7. The Labute approximate surface area is 171 Å². The first-order valence-electron chi connectivity index (χ1n) is 10.2. The molecule has 6 heteroatoms. The van der Waals surface area contributed by atoms with Gasteiger partial charge in [-0.2, -0.15) is 0 Å². The van der Waals surface area contributed by atoms with Crippen LogP contribution in [0.4, 0.5) is 0 Å². The molecule has 0 aliphatic rings. The maximum absolute atomic E-state index is 12.3. The summed E-state index contributed by atoms with van der Waals surface area (Å²) < 4.78 is 5.32. The van der Waals surface area contributed by atoms with Crippen molar-refractivity contribution in [3.05, 3.63) is 47.5 Å². The van der Waals surface area contributed by atoms with Gasteiger partial charge in [-0.15, -0.1) is 15.0 Å². The zero-order chi connectivity index (χ0) is 21.0. The average molecular weight is 396 g/mol. The third-order valence-electron chi connectivity index (χ3n) is 5.37. The fraction of sp³-hybridized carbons (Fsp3) is 0.435. The van der Waals surface area contributed by atoms with Gasteiger partial charge in [-0.05, 0) is 42.0 Å². The van der Waals surface area contributed by atoms with Crippen LogP contribution >= 0.6 is 0 Å². The van der Waals surface area contributed by atoms with Crippen molar-refractivity contribution >= 4 is 17.0 Å². The molecule has 0 fully saturated rings. The van der Waals surface area contributed by atoms with Gasteiger partial charge in [0.25, 0.3) is 0 Å². The second-order valence-corrected chi connectivity index (χ2v) is 7.98. The maximum Gasteiger partial charge on any atom is 0.310 e. The minimum atomic E-state index is -0.270. The van der Waals surface area contributed by atoms with Crippen LogP contribution in [0.5, 0.6) is 5.75 Å². The SMILES string of the molecule is CCCCOC(=O)Cc1cc(-n2nc3ccccc3n2)c(O)c(C(C)(C)CC)c1. The molecule has 0 atom stereocenters. The molecule has 0 spiro atoms. The van der Waals surface area contributed by atoms with Crippen molar-refractivity contribution in [3.63, 3.8) is 0 Å². The lowest BCUT2D eigenvalue weighted by molar-refractivity contribution is -0.142. The zero-order valence-corrected chi connectivity index (χ0v) is 17.6. The molecule has 0 radical (unpaired) electrons. The number of aromatic hydroxyl groups is 1. The first-order valence-corrected chi connectivity index (χ1v) is 10.2. The third kappa shape index (κ3) is 4.58. The van der Waals surface area contributed by atoms with Crippen LogP contribution in [0.15, 0.2) is 36.4 Å². The Balaban J connectivity index is 2.04. The Morgan fingerprint density at radius 1 is 1.14 bits per heavy atom. The summed E-state index contributed by atoms with van der Waals surface area (Å²) in [7, 11) is 0. The number of aromatic nitrogens is 3. The molecule has 1 N–H and O–H groups in total. The van der Waals surface area contributed by atoms with Crippen molar-refractivity contribution in [2.45, 2.75) is 58.8 Å². The van der Waals surface area contributed by atoms with E-state index in [0.717, 1.165) is 41.4 Å². The number of benzene rings is 2. The highest BCUT2D eigenvalue weighted by atomic mass is 16.5. The van der Waals surface area contributed by atoms with E-state index in [1.54, 1.807) is 6.07 Å². The molecule has 154 valence electrons. The topological polar surface area (TPSA) is 77.2 Å². The van der Waals surface area contributed by atoms with E-state index in [2.05, 4.69) is 37.9 Å². The highest BCUT2D eigenvalue weighted by Gasteiger charge is 2.26. The second kappa shape index (κ2) is 8.64. The summed E-state index contributed by atoms with van der Waals surface area (Å²) in [6.07, 6.45) is 2.80.